The molecule has 1 aliphatic rings. The van der Waals surface area contributed by atoms with Gasteiger partial charge in [-0.2, -0.15) is 0 Å². The SMILES string of the molecule is C[C@@H]1CN(c2ncncc2Br)CCN1. The van der Waals surface area contributed by atoms with Crippen LogP contribution in [-0.2, 0) is 0 Å². The van der Waals surface area contributed by atoms with Crippen molar-refractivity contribution in [3.05, 3.63) is 17.0 Å². The van der Waals surface area contributed by atoms with E-state index in [0.717, 1.165) is 29.9 Å². The fourth-order valence-corrected chi connectivity index (χ4v) is 2.13. The monoisotopic (exact) mass is 256 g/mol. The number of anilines is 1. The minimum atomic E-state index is 0.519. The molecule has 0 aliphatic carbocycles. The number of halogens is 1. The van der Waals surface area contributed by atoms with Gasteiger partial charge in [0.15, 0.2) is 0 Å². The molecule has 1 saturated heterocycles. The minimum Gasteiger partial charge on any atom is -0.353 e. The van der Waals surface area contributed by atoms with E-state index in [-0.39, 0.29) is 0 Å². The largest absolute Gasteiger partial charge is 0.353 e. The Bertz CT molecular complexity index is 317. The lowest BCUT2D eigenvalue weighted by Gasteiger charge is -2.33. The van der Waals surface area contributed by atoms with Gasteiger partial charge < -0.3 is 10.2 Å². The first-order chi connectivity index (χ1) is 6.77. The third-order valence-corrected chi connectivity index (χ3v) is 2.88. The van der Waals surface area contributed by atoms with Crippen molar-refractivity contribution >= 4 is 21.7 Å². The average molecular weight is 257 g/mol. The lowest BCUT2D eigenvalue weighted by Crippen LogP contribution is -2.49. The molecule has 76 valence electrons. The zero-order chi connectivity index (χ0) is 9.97. The Hall–Kier alpha value is -0.680. The van der Waals surface area contributed by atoms with Crippen molar-refractivity contribution in [3.8, 4) is 0 Å². The van der Waals surface area contributed by atoms with E-state index in [1.54, 1.807) is 12.5 Å². The molecule has 0 bridgehead atoms. The highest BCUT2D eigenvalue weighted by molar-refractivity contribution is 9.10. The molecule has 0 unspecified atom stereocenters. The van der Waals surface area contributed by atoms with Gasteiger partial charge >= 0.3 is 0 Å². The van der Waals surface area contributed by atoms with Crippen LogP contribution in [0.15, 0.2) is 17.0 Å². The Morgan fingerprint density at radius 3 is 3.21 bits per heavy atom. The lowest BCUT2D eigenvalue weighted by molar-refractivity contribution is 0.481. The maximum Gasteiger partial charge on any atom is 0.146 e. The van der Waals surface area contributed by atoms with Gasteiger partial charge in [-0.3, -0.25) is 0 Å². The normalized spacial score (nSPS) is 22.4. The number of piperazine rings is 1. The molecule has 0 saturated carbocycles. The average Bonchev–Trinajstić information content (AvgIpc) is 2.18. The Labute approximate surface area is 91.9 Å². The molecule has 0 radical (unpaired) electrons. The second kappa shape index (κ2) is 4.23. The predicted octanol–water partition coefficient (Wildman–Crippen LogP) is 1.04. The summed E-state index contributed by atoms with van der Waals surface area (Å²) in [5.74, 6) is 0.994. The zero-order valence-corrected chi connectivity index (χ0v) is 9.66. The number of hydrogen-bond acceptors (Lipinski definition) is 4. The second-order valence-electron chi connectivity index (χ2n) is 3.50. The summed E-state index contributed by atoms with van der Waals surface area (Å²) in [7, 11) is 0. The van der Waals surface area contributed by atoms with Crippen LogP contribution in [-0.4, -0.2) is 35.6 Å². The van der Waals surface area contributed by atoms with Gasteiger partial charge in [0.1, 0.15) is 12.1 Å². The van der Waals surface area contributed by atoms with Crippen LogP contribution in [0.25, 0.3) is 0 Å². The summed E-state index contributed by atoms with van der Waals surface area (Å²) >= 11 is 3.46. The Kier molecular flexibility index (Phi) is 2.98. The van der Waals surface area contributed by atoms with Crippen LogP contribution in [0.5, 0.6) is 0 Å². The molecule has 1 aromatic heterocycles. The summed E-state index contributed by atoms with van der Waals surface area (Å²) in [6, 6.07) is 0.519. The first kappa shape index (κ1) is 9.86. The Balaban J connectivity index is 2.18. The zero-order valence-electron chi connectivity index (χ0n) is 8.07. The Morgan fingerprint density at radius 2 is 2.50 bits per heavy atom. The molecule has 0 amide bonds. The van der Waals surface area contributed by atoms with Crippen molar-refractivity contribution in [2.45, 2.75) is 13.0 Å². The van der Waals surface area contributed by atoms with Gasteiger partial charge in [0, 0.05) is 31.9 Å². The van der Waals surface area contributed by atoms with Crippen LogP contribution >= 0.6 is 15.9 Å². The van der Waals surface area contributed by atoms with E-state index in [2.05, 4.69) is 43.0 Å². The van der Waals surface area contributed by atoms with E-state index >= 15 is 0 Å². The van der Waals surface area contributed by atoms with Crippen molar-refractivity contribution in [2.24, 2.45) is 0 Å². The standard InChI is InChI=1S/C9H13BrN4/c1-7-5-14(3-2-12-7)9-8(10)4-11-6-13-9/h4,6-7,12H,2-3,5H2,1H3/t7-/m1/s1. The summed E-state index contributed by atoms with van der Waals surface area (Å²) in [5, 5.41) is 3.40. The molecule has 0 spiro atoms. The van der Waals surface area contributed by atoms with Gasteiger partial charge in [-0.05, 0) is 22.9 Å². The van der Waals surface area contributed by atoms with Crippen LogP contribution in [0.3, 0.4) is 0 Å². The summed E-state index contributed by atoms with van der Waals surface area (Å²) in [6.45, 7) is 5.19. The Morgan fingerprint density at radius 1 is 1.64 bits per heavy atom. The van der Waals surface area contributed by atoms with Crippen molar-refractivity contribution in [1.82, 2.24) is 15.3 Å². The molecular weight excluding hydrogens is 244 g/mol. The molecule has 0 aromatic carbocycles. The molecule has 1 aliphatic heterocycles. The number of aromatic nitrogens is 2. The molecule has 14 heavy (non-hydrogen) atoms. The van der Waals surface area contributed by atoms with E-state index in [1.807, 2.05) is 0 Å². The molecule has 4 nitrogen and oxygen atoms in total. The fourth-order valence-electron chi connectivity index (χ4n) is 1.66. The van der Waals surface area contributed by atoms with E-state index < -0.39 is 0 Å². The third-order valence-electron chi connectivity index (χ3n) is 2.32. The number of hydrogen-bond donors (Lipinski definition) is 1. The molecule has 1 fully saturated rings. The van der Waals surface area contributed by atoms with E-state index in [4.69, 9.17) is 0 Å². The fraction of sp³-hybridized carbons (Fsp3) is 0.556. The number of nitrogens with one attached hydrogen (secondary N) is 1. The highest BCUT2D eigenvalue weighted by atomic mass is 79.9. The van der Waals surface area contributed by atoms with Gasteiger partial charge in [-0.15, -0.1) is 0 Å². The van der Waals surface area contributed by atoms with Crippen LogP contribution in [0.4, 0.5) is 5.82 Å². The van der Waals surface area contributed by atoms with Crippen LogP contribution < -0.4 is 10.2 Å². The van der Waals surface area contributed by atoms with Gasteiger partial charge in [0.2, 0.25) is 0 Å². The highest BCUT2D eigenvalue weighted by Crippen LogP contribution is 2.22. The minimum absolute atomic E-state index is 0.519. The number of rotatable bonds is 1. The maximum atomic E-state index is 4.28. The molecule has 5 heteroatoms. The summed E-state index contributed by atoms with van der Waals surface area (Å²) in [5.41, 5.74) is 0. The molecule has 1 aromatic rings. The van der Waals surface area contributed by atoms with Crippen molar-refractivity contribution in [1.29, 1.82) is 0 Å². The maximum absolute atomic E-state index is 4.28. The summed E-state index contributed by atoms with van der Waals surface area (Å²) < 4.78 is 0.967. The molecule has 1 atom stereocenters. The molecule has 1 N–H and O–H groups in total. The quantitative estimate of drug-likeness (QED) is 0.816. The summed E-state index contributed by atoms with van der Waals surface area (Å²) in [4.78, 5) is 10.5. The topological polar surface area (TPSA) is 41.1 Å². The van der Waals surface area contributed by atoms with Gasteiger partial charge in [0.25, 0.3) is 0 Å². The van der Waals surface area contributed by atoms with Gasteiger partial charge in [-0.25, -0.2) is 9.97 Å². The van der Waals surface area contributed by atoms with E-state index in [1.165, 1.54) is 0 Å². The lowest BCUT2D eigenvalue weighted by atomic mass is 10.2. The van der Waals surface area contributed by atoms with Crippen LogP contribution in [0.2, 0.25) is 0 Å². The van der Waals surface area contributed by atoms with E-state index in [9.17, 15) is 0 Å². The van der Waals surface area contributed by atoms with Crippen molar-refractivity contribution < 1.29 is 0 Å². The molecule has 2 rings (SSSR count). The van der Waals surface area contributed by atoms with Crippen LogP contribution in [0.1, 0.15) is 6.92 Å². The van der Waals surface area contributed by atoms with Crippen molar-refractivity contribution in [3.63, 3.8) is 0 Å². The predicted molar refractivity (Wildman–Crippen MR) is 59.4 cm³/mol. The van der Waals surface area contributed by atoms with Gasteiger partial charge in [0.05, 0.1) is 4.47 Å². The first-order valence-electron chi connectivity index (χ1n) is 4.71. The summed E-state index contributed by atoms with van der Waals surface area (Å²) in [6.07, 6.45) is 3.38. The second-order valence-corrected chi connectivity index (χ2v) is 4.35. The molecule has 2 heterocycles. The van der Waals surface area contributed by atoms with E-state index in [0.29, 0.717) is 6.04 Å². The van der Waals surface area contributed by atoms with Crippen molar-refractivity contribution in [2.75, 3.05) is 24.5 Å². The van der Waals surface area contributed by atoms with Crippen LogP contribution in [0, 0.1) is 0 Å². The van der Waals surface area contributed by atoms with Gasteiger partial charge in [-0.1, -0.05) is 0 Å². The first-order valence-corrected chi connectivity index (χ1v) is 5.50. The third kappa shape index (κ3) is 2.04. The number of nitrogens with zero attached hydrogens (tertiary/aromatic N) is 3. The smallest absolute Gasteiger partial charge is 0.146 e. The molecular formula is C9H13BrN4. The highest BCUT2D eigenvalue weighted by Gasteiger charge is 2.18.